The predicted molar refractivity (Wildman–Crippen MR) is 84.5 cm³/mol. The van der Waals surface area contributed by atoms with E-state index in [2.05, 4.69) is 13.2 Å². The molecule has 0 saturated heterocycles. The minimum Gasteiger partial charge on any atom is -0.413 e. The highest BCUT2D eigenvalue weighted by atomic mass is 16.8. The largest absolute Gasteiger partial charge is 0.413 e. The highest BCUT2D eigenvalue weighted by molar-refractivity contribution is 5.89. The van der Waals surface area contributed by atoms with E-state index in [1.54, 1.807) is 0 Å². The summed E-state index contributed by atoms with van der Waals surface area (Å²) in [5, 5.41) is 22.5. The molecular formula is C18H24O6. The number of esters is 2. The van der Waals surface area contributed by atoms with E-state index >= 15 is 0 Å². The molecule has 0 aliphatic heterocycles. The number of rotatable bonds is 4. The fraction of sp³-hybridized carbons (Fsp3) is 0.667. The summed E-state index contributed by atoms with van der Waals surface area (Å²) in [4.78, 5) is 24.4. The summed E-state index contributed by atoms with van der Waals surface area (Å²) in [6.07, 6.45) is 2.19. The van der Waals surface area contributed by atoms with Gasteiger partial charge in [0, 0.05) is 11.1 Å². The van der Waals surface area contributed by atoms with Crippen molar-refractivity contribution < 1.29 is 29.3 Å². The lowest BCUT2D eigenvalue weighted by Gasteiger charge is -2.65. The van der Waals surface area contributed by atoms with Crippen molar-refractivity contribution >= 4 is 11.9 Å². The Balaban J connectivity index is 2.09. The number of ether oxygens (including phenoxy) is 2. The van der Waals surface area contributed by atoms with E-state index in [0.717, 1.165) is 6.42 Å². The third-order valence-corrected chi connectivity index (χ3v) is 5.57. The standard InChI is InChI=1S/C18H24O6/c1-10(2)14(19)23-18(24-15(20)11(3)4)16(21)6-12-5-13(8-16)9-17(18,22)7-12/h12-13,21-22H,1,3,5-9H2,2,4H3. The fourth-order valence-electron chi connectivity index (χ4n) is 4.83. The van der Waals surface area contributed by atoms with Gasteiger partial charge in [0.05, 0.1) is 0 Å². The normalized spacial score (nSPS) is 38.5. The van der Waals surface area contributed by atoms with Crippen LogP contribution in [0.3, 0.4) is 0 Å². The van der Waals surface area contributed by atoms with E-state index in [-0.39, 0.29) is 23.0 Å². The van der Waals surface area contributed by atoms with Gasteiger partial charge in [0.1, 0.15) is 11.2 Å². The van der Waals surface area contributed by atoms with Crippen LogP contribution in [0.2, 0.25) is 0 Å². The van der Waals surface area contributed by atoms with Gasteiger partial charge in [-0.15, -0.1) is 0 Å². The molecule has 4 saturated carbocycles. The Morgan fingerprint density at radius 2 is 1.21 bits per heavy atom. The number of hydrogen-bond acceptors (Lipinski definition) is 6. The molecule has 4 aliphatic rings. The quantitative estimate of drug-likeness (QED) is 0.460. The summed E-state index contributed by atoms with van der Waals surface area (Å²) in [5.74, 6) is -3.50. The van der Waals surface area contributed by atoms with E-state index in [9.17, 15) is 19.8 Å². The Labute approximate surface area is 141 Å². The van der Waals surface area contributed by atoms with Crippen LogP contribution >= 0.6 is 0 Å². The number of aliphatic hydroxyl groups is 2. The van der Waals surface area contributed by atoms with Crippen LogP contribution < -0.4 is 0 Å². The van der Waals surface area contributed by atoms with Gasteiger partial charge < -0.3 is 19.7 Å². The van der Waals surface area contributed by atoms with Crippen LogP contribution in [0.25, 0.3) is 0 Å². The van der Waals surface area contributed by atoms with E-state index in [1.807, 2.05) is 0 Å². The van der Waals surface area contributed by atoms with Crippen molar-refractivity contribution in [3.05, 3.63) is 24.3 Å². The van der Waals surface area contributed by atoms with Crippen LogP contribution in [0.1, 0.15) is 46.0 Å². The second-order valence-electron chi connectivity index (χ2n) is 7.80. The maximum Gasteiger partial charge on any atom is 0.336 e. The first-order valence-electron chi connectivity index (χ1n) is 8.24. The van der Waals surface area contributed by atoms with Crippen LogP contribution in [-0.2, 0) is 19.1 Å². The zero-order valence-corrected chi connectivity index (χ0v) is 14.1. The summed E-state index contributed by atoms with van der Waals surface area (Å²) < 4.78 is 11.0. The van der Waals surface area contributed by atoms with Gasteiger partial charge in [-0.25, -0.2) is 9.59 Å². The van der Waals surface area contributed by atoms with Gasteiger partial charge in [-0.2, -0.15) is 0 Å². The summed E-state index contributed by atoms with van der Waals surface area (Å²) in [6, 6.07) is 0. The second kappa shape index (κ2) is 5.17. The molecule has 0 radical (unpaired) electrons. The van der Waals surface area contributed by atoms with Crippen LogP contribution in [0.4, 0.5) is 0 Å². The second-order valence-corrected chi connectivity index (χ2v) is 7.80. The first kappa shape index (κ1) is 17.2. The summed E-state index contributed by atoms with van der Waals surface area (Å²) >= 11 is 0. The van der Waals surface area contributed by atoms with Crippen molar-refractivity contribution in [1.82, 2.24) is 0 Å². The molecule has 4 bridgehead atoms. The van der Waals surface area contributed by atoms with E-state index in [1.165, 1.54) is 13.8 Å². The maximum atomic E-state index is 12.2. The Kier molecular flexibility index (Phi) is 3.70. The van der Waals surface area contributed by atoms with E-state index in [0.29, 0.717) is 25.7 Å². The molecule has 0 atom stereocenters. The number of carbonyl (C=O) groups is 2. The highest BCUT2D eigenvalue weighted by Gasteiger charge is 2.77. The molecule has 0 spiro atoms. The molecule has 6 heteroatoms. The molecule has 132 valence electrons. The summed E-state index contributed by atoms with van der Waals surface area (Å²) in [6.45, 7) is 9.98. The molecule has 6 nitrogen and oxygen atoms in total. The first-order chi connectivity index (χ1) is 11.0. The molecule has 0 amide bonds. The summed E-state index contributed by atoms with van der Waals surface area (Å²) in [7, 11) is 0. The molecule has 0 aromatic heterocycles. The summed E-state index contributed by atoms with van der Waals surface area (Å²) in [5.41, 5.74) is -3.02. The predicted octanol–water partition coefficient (Wildman–Crippen LogP) is 1.61. The lowest BCUT2D eigenvalue weighted by molar-refractivity contribution is -0.406. The third kappa shape index (κ3) is 2.24. The molecule has 0 unspecified atom stereocenters. The highest BCUT2D eigenvalue weighted by Crippen LogP contribution is 2.63. The molecule has 0 heterocycles. The van der Waals surface area contributed by atoms with Gasteiger partial charge in [0.2, 0.25) is 0 Å². The Hall–Kier alpha value is -1.66. The third-order valence-electron chi connectivity index (χ3n) is 5.57. The van der Waals surface area contributed by atoms with Crippen LogP contribution in [0, 0.1) is 11.8 Å². The Bertz CT molecular complexity index is 567. The topological polar surface area (TPSA) is 93.1 Å². The van der Waals surface area contributed by atoms with Crippen LogP contribution in [0.15, 0.2) is 24.3 Å². The minimum atomic E-state index is -2.13. The Morgan fingerprint density at radius 3 is 1.50 bits per heavy atom. The SMILES string of the molecule is C=C(C)C(=O)OC1(OC(=O)C(=C)C)C2(O)CC3CC(C2)CC1(O)C3. The van der Waals surface area contributed by atoms with Gasteiger partial charge >= 0.3 is 17.7 Å². The van der Waals surface area contributed by atoms with Gasteiger partial charge in [-0.05, 0) is 57.8 Å². The van der Waals surface area contributed by atoms with Gasteiger partial charge in [0.15, 0.2) is 0 Å². The smallest absolute Gasteiger partial charge is 0.336 e. The van der Waals surface area contributed by atoms with E-state index in [4.69, 9.17) is 9.47 Å². The van der Waals surface area contributed by atoms with Crippen molar-refractivity contribution in [2.24, 2.45) is 11.8 Å². The molecule has 0 aromatic carbocycles. The minimum absolute atomic E-state index is 0.0988. The Morgan fingerprint density at radius 1 is 0.875 bits per heavy atom. The lowest BCUT2D eigenvalue weighted by Crippen LogP contribution is -2.79. The van der Waals surface area contributed by atoms with Gasteiger partial charge in [0.25, 0.3) is 0 Å². The number of hydrogen-bond donors (Lipinski definition) is 2. The monoisotopic (exact) mass is 336 g/mol. The van der Waals surface area contributed by atoms with Crippen LogP contribution in [0.5, 0.6) is 0 Å². The van der Waals surface area contributed by atoms with Crippen molar-refractivity contribution in [1.29, 1.82) is 0 Å². The molecule has 0 aromatic rings. The average molecular weight is 336 g/mol. The molecule has 24 heavy (non-hydrogen) atoms. The molecule has 4 aliphatic carbocycles. The fourth-order valence-corrected chi connectivity index (χ4v) is 4.83. The number of carbonyl (C=O) groups excluding carboxylic acids is 2. The molecular weight excluding hydrogens is 312 g/mol. The molecule has 2 N–H and O–H groups in total. The zero-order valence-electron chi connectivity index (χ0n) is 14.1. The zero-order chi connectivity index (χ0) is 17.9. The van der Waals surface area contributed by atoms with Crippen molar-refractivity contribution in [2.45, 2.75) is 62.9 Å². The maximum absolute atomic E-state index is 12.2. The van der Waals surface area contributed by atoms with Gasteiger partial charge in [-0.3, -0.25) is 0 Å². The van der Waals surface area contributed by atoms with E-state index < -0.39 is 28.9 Å². The average Bonchev–Trinajstić information content (AvgIpc) is 2.42. The van der Waals surface area contributed by atoms with Gasteiger partial charge in [-0.1, -0.05) is 13.2 Å². The molecule has 4 fully saturated rings. The van der Waals surface area contributed by atoms with Crippen molar-refractivity contribution in [3.63, 3.8) is 0 Å². The van der Waals surface area contributed by atoms with Crippen LogP contribution in [-0.4, -0.2) is 39.1 Å². The van der Waals surface area contributed by atoms with Crippen molar-refractivity contribution in [3.8, 4) is 0 Å². The first-order valence-corrected chi connectivity index (χ1v) is 8.24. The lowest BCUT2D eigenvalue weighted by atomic mass is 9.49. The molecule has 4 rings (SSSR count). The van der Waals surface area contributed by atoms with Crippen molar-refractivity contribution in [2.75, 3.05) is 0 Å².